The van der Waals surface area contributed by atoms with Gasteiger partial charge >= 0.3 is 0 Å². The van der Waals surface area contributed by atoms with E-state index in [1.54, 1.807) is 12.5 Å². The summed E-state index contributed by atoms with van der Waals surface area (Å²) in [6, 6.07) is 11.3. The summed E-state index contributed by atoms with van der Waals surface area (Å²) in [6.07, 6.45) is 4.21. The summed E-state index contributed by atoms with van der Waals surface area (Å²) in [5.74, 6) is 0.973. The fraction of sp³-hybridized carbons (Fsp3) is 0.235. The average Bonchev–Trinajstić information content (AvgIpc) is 3.24. The van der Waals surface area contributed by atoms with Crippen molar-refractivity contribution in [3.05, 3.63) is 48.9 Å². The molecule has 6 nitrogen and oxygen atoms in total. The predicted octanol–water partition coefficient (Wildman–Crippen LogP) is 3.68. The first kappa shape index (κ1) is 16.3. The van der Waals surface area contributed by atoms with Gasteiger partial charge in [-0.15, -0.1) is 10.2 Å². The summed E-state index contributed by atoms with van der Waals surface area (Å²) in [5.41, 5.74) is 1.67. The molecular formula is C17H18N4O2S. The van der Waals surface area contributed by atoms with E-state index < -0.39 is 0 Å². The van der Waals surface area contributed by atoms with Crippen LogP contribution in [-0.4, -0.2) is 26.4 Å². The molecule has 0 aliphatic rings. The number of hydrogen-bond acceptors (Lipinski definition) is 5. The van der Waals surface area contributed by atoms with Crippen molar-refractivity contribution >= 4 is 23.4 Å². The van der Waals surface area contributed by atoms with E-state index in [1.807, 2.05) is 41.0 Å². The van der Waals surface area contributed by atoms with Gasteiger partial charge in [0, 0.05) is 12.2 Å². The van der Waals surface area contributed by atoms with E-state index in [0.717, 1.165) is 35.2 Å². The van der Waals surface area contributed by atoms with E-state index in [1.165, 1.54) is 11.8 Å². The van der Waals surface area contributed by atoms with Gasteiger partial charge in [-0.25, -0.2) is 0 Å². The van der Waals surface area contributed by atoms with Gasteiger partial charge in [0.05, 0.1) is 17.6 Å². The number of carbonyl (C=O) groups excluding carboxylic acids is 1. The highest BCUT2D eigenvalue weighted by Gasteiger charge is 2.15. The van der Waals surface area contributed by atoms with Crippen molar-refractivity contribution < 1.29 is 9.21 Å². The van der Waals surface area contributed by atoms with Gasteiger partial charge in [0.2, 0.25) is 5.91 Å². The minimum absolute atomic E-state index is 0.0675. The van der Waals surface area contributed by atoms with Crippen molar-refractivity contribution in [2.75, 3.05) is 11.1 Å². The molecule has 2 aromatic heterocycles. The number of para-hydroxylation sites is 1. The number of aromatic nitrogens is 3. The summed E-state index contributed by atoms with van der Waals surface area (Å²) in [4.78, 5) is 12.1. The van der Waals surface area contributed by atoms with Crippen LogP contribution in [0.1, 0.15) is 13.3 Å². The molecular weight excluding hydrogens is 324 g/mol. The molecule has 1 N–H and O–H groups in total. The Morgan fingerprint density at radius 1 is 1.25 bits per heavy atom. The fourth-order valence-electron chi connectivity index (χ4n) is 2.27. The fourth-order valence-corrected chi connectivity index (χ4v) is 3.04. The number of thioether (sulfide) groups is 1. The van der Waals surface area contributed by atoms with Gasteiger partial charge < -0.3 is 14.3 Å². The maximum atomic E-state index is 12.1. The molecule has 3 aromatic rings. The van der Waals surface area contributed by atoms with E-state index in [-0.39, 0.29) is 11.7 Å². The molecule has 0 spiro atoms. The smallest absolute Gasteiger partial charge is 0.234 e. The van der Waals surface area contributed by atoms with Gasteiger partial charge in [0.15, 0.2) is 11.0 Å². The number of hydrogen-bond donors (Lipinski definition) is 1. The monoisotopic (exact) mass is 342 g/mol. The SMILES string of the molecule is CCCn1c(SCC(=O)Nc2ccccc2)nnc1-c1ccoc1. The maximum Gasteiger partial charge on any atom is 0.234 e. The van der Waals surface area contributed by atoms with Crippen molar-refractivity contribution in [3.63, 3.8) is 0 Å². The largest absolute Gasteiger partial charge is 0.472 e. The number of nitrogens with one attached hydrogen (secondary N) is 1. The van der Waals surface area contributed by atoms with Crippen LogP contribution in [0.15, 0.2) is 58.5 Å². The molecule has 0 unspecified atom stereocenters. The number of nitrogens with zero attached hydrogens (tertiary/aromatic N) is 3. The van der Waals surface area contributed by atoms with Crippen LogP contribution in [0.2, 0.25) is 0 Å². The van der Waals surface area contributed by atoms with Crippen molar-refractivity contribution in [3.8, 4) is 11.4 Å². The van der Waals surface area contributed by atoms with Gasteiger partial charge in [-0.1, -0.05) is 36.9 Å². The van der Waals surface area contributed by atoms with Gasteiger partial charge in [-0.05, 0) is 24.6 Å². The topological polar surface area (TPSA) is 73.0 Å². The van der Waals surface area contributed by atoms with Crippen molar-refractivity contribution in [1.29, 1.82) is 0 Å². The number of amides is 1. The van der Waals surface area contributed by atoms with E-state index in [0.29, 0.717) is 0 Å². The molecule has 0 saturated carbocycles. The zero-order valence-electron chi connectivity index (χ0n) is 13.3. The predicted molar refractivity (Wildman–Crippen MR) is 93.8 cm³/mol. The van der Waals surface area contributed by atoms with E-state index in [2.05, 4.69) is 22.4 Å². The van der Waals surface area contributed by atoms with Crippen molar-refractivity contribution in [1.82, 2.24) is 14.8 Å². The third-order valence-corrected chi connectivity index (χ3v) is 4.30. The lowest BCUT2D eigenvalue weighted by molar-refractivity contribution is -0.113. The Balaban J connectivity index is 1.67. The molecule has 0 radical (unpaired) electrons. The molecule has 0 atom stereocenters. The molecule has 1 amide bonds. The zero-order valence-corrected chi connectivity index (χ0v) is 14.1. The Morgan fingerprint density at radius 3 is 2.79 bits per heavy atom. The third-order valence-electron chi connectivity index (χ3n) is 3.33. The first-order valence-corrected chi connectivity index (χ1v) is 8.70. The maximum absolute atomic E-state index is 12.1. The lowest BCUT2D eigenvalue weighted by Crippen LogP contribution is -2.14. The van der Waals surface area contributed by atoms with Gasteiger partial charge in [0.25, 0.3) is 0 Å². The summed E-state index contributed by atoms with van der Waals surface area (Å²) in [6.45, 7) is 2.88. The lowest BCUT2D eigenvalue weighted by atomic mass is 10.3. The summed E-state index contributed by atoms with van der Waals surface area (Å²) < 4.78 is 7.14. The second-order valence-corrected chi connectivity index (χ2v) is 6.12. The lowest BCUT2D eigenvalue weighted by Gasteiger charge is -2.08. The van der Waals surface area contributed by atoms with Crippen LogP contribution >= 0.6 is 11.8 Å². The minimum Gasteiger partial charge on any atom is -0.472 e. The Labute approximate surface area is 144 Å². The molecule has 124 valence electrons. The van der Waals surface area contributed by atoms with E-state index in [4.69, 9.17) is 4.42 Å². The normalized spacial score (nSPS) is 10.7. The Kier molecular flexibility index (Phi) is 5.32. The standard InChI is InChI=1S/C17H18N4O2S/c1-2-9-21-16(13-8-10-23-11-13)19-20-17(21)24-12-15(22)18-14-6-4-3-5-7-14/h3-8,10-11H,2,9,12H2,1H3,(H,18,22). The quantitative estimate of drug-likeness (QED) is 0.663. The van der Waals surface area contributed by atoms with Crippen LogP contribution < -0.4 is 5.32 Å². The molecule has 0 bridgehead atoms. The molecule has 0 fully saturated rings. The first-order valence-electron chi connectivity index (χ1n) is 7.71. The van der Waals surface area contributed by atoms with Crippen LogP contribution in [0.3, 0.4) is 0 Å². The molecule has 0 saturated heterocycles. The molecule has 3 rings (SSSR count). The molecule has 0 aliphatic heterocycles. The van der Waals surface area contributed by atoms with Crippen LogP contribution in [-0.2, 0) is 11.3 Å². The summed E-state index contributed by atoms with van der Waals surface area (Å²) in [5, 5.41) is 12.1. The highest BCUT2D eigenvalue weighted by Crippen LogP contribution is 2.24. The number of furan rings is 1. The Morgan fingerprint density at radius 2 is 2.08 bits per heavy atom. The number of rotatable bonds is 7. The van der Waals surface area contributed by atoms with Crippen LogP contribution in [0.25, 0.3) is 11.4 Å². The number of carbonyl (C=O) groups is 1. The Bertz CT molecular complexity index is 784. The zero-order chi connectivity index (χ0) is 16.8. The van der Waals surface area contributed by atoms with Gasteiger partial charge in [-0.2, -0.15) is 0 Å². The van der Waals surface area contributed by atoms with Crippen molar-refractivity contribution in [2.24, 2.45) is 0 Å². The Hall–Kier alpha value is -2.54. The second-order valence-electron chi connectivity index (χ2n) is 5.17. The number of anilines is 1. The number of benzene rings is 1. The highest BCUT2D eigenvalue weighted by molar-refractivity contribution is 7.99. The molecule has 24 heavy (non-hydrogen) atoms. The van der Waals surface area contributed by atoms with E-state index >= 15 is 0 Å². The molecule has 1 aromatic carbocycles. The van der Waals surface area contributed by atoms with Crippen LogP contribution in [0.5, 0.6) is 0 Å². The van der Waals surface area contributed by atoms with E-state index in [9.17, 15) is 4.79 Å². The third kappa shape index (κ3) is 3.86. The highest BCUT2D eigenvalue weighted by atomic mass is 32.2. The molecule has 0 aliphatic carbocycles. The second kappa shape index (κ2) is 7.83. The van der Waals surface area contributed by atoms with Crippen LogP contribution in [0.4, 0.5) is 5.69 Å². The average molecular weight is 342 g/mol. The molecule has 2 heterocycles. The minimum atomic E-state index is -0.0675. The first-order chi connectivity index (χ1) is 11.8. The summed E-state index contributed by atoms with van der Waals surface area (Å²) in [7, 11) is 0. The van der Waals surface area contributed by atoms with Crippen LogP contribution in [0, 0.1) is 0 Å². The van der Waals surface area contributed by atoms with Gasteiger partial charge in [-0.3, -0.25) is 4.79 Å². The van der Waals surface area contributed by atoms with Gasteiger partial charge in [0.1, 0.15) is 6.26 Å². The summed E-state index contributed by atoms with van der Waals surface area (Å²) >= 11 is 1.38. The molecule has 7 heteroatoms. The van der Waals surface area contributed by atoms with Crippen molar-refractivity contribution in [2.45, 2.75) is 25.0 Å².